The predicted octanol–water partition coefficient (Wildman–Crippen LogP) is 5.11. The Morgan fingerprint density at radius 1 is 1.00 bits per heavy atom. The van der Waals surface area contributed by atoms with Crippen LogP contribution >= 0.6 is 0 Å². The summed E-state index contributed by atoms with van der Waals surface area (Å²) in [6.45, 7) is -2.90. The van der Waals surface area contributed by atoms with Crippen LogP contribution in [0.4, 0.5) is 14.5 Å². The molecule has 0 atom stereocenters. The smallest absolute Gasteiger partial charge is 0.387 e. The normalized spacial score (nSPS) is 10.9. The molecule has 1 aromatic heterocycles. The predicted molar refractivity (Wildman–Crippen MR) is 101 cm³/mol. The highest BCUT2D eigenvalue weighted by Crippen LogP contribution is 2.17. The van der Waals surface area contributed by atoms with E-state index < -0.39 is 6.61 Å². The monoisotopic (exact) mass is 366 g/mol. The van der Waals surface area contributed by atoms with Crippen LogP contribution in [0, 0.1) is 0 Å². The van der Waals surface area contributed by atoms with Gasteiger partial charge < -0.3 is 10.1 Å². The minimum atomic E-state index is -2.90. The van der Waals surface area contributed by atoms with Gasteiger partial charge in [0.15, 0.2) is 0 Å². The molecule has 0 saturated heterocycles. The summed E-state index contributed by atoms with van der Waals surface area (Å²) in [5, 5.41) is 2.78. The Morgan fingerprint density at radius 2 is 1.81 bits per heavy atom. The van der Waals surface area contributed by atoms with Gasteiger partial charge in [0.1, 0.15) is 5.75 Å². The summed E-state index contributed by atoms with van der Waals surface area (Å²) in [5.41, 5.74) is 2.69. The van der Waals surface area contributed by atoms with Crippen LogP contribution in [-0.2, 0) is 0 Å². The van der Waals surface area contributed by atoms with Gasteiger partial charge in [-0.15, -0.1) is 0 Å². The van der Waals surface area contributed by atoms with Gasteiger partial charge in [-0.05, 0) is 60.2 Å². The highest BCUT2D eigenvalue weighted by atomic mass is 19.3. The van der Waals surface area contributed by atoms with Crippen molar-refractivity contribution in [3.05, 3.63) is 89.7 Å². The van der Waals surface area contributed by atoms with E-state index in [1.807, 2.05) is 48.6 Å². The molecule has 0 aliphatic rings. The molecule has 6 heteroatoms. The Hall–Kier alpha value is -3.54. The van der Waals surface area contributed by atoms with Gasteiger partial charge in [0.05, 0.1) is 5.69 Å². The number of halogens is 2. The van der Waals surface area contributed by atoms with Crippen LogP contribution in [0.5, 0.6) is 5.75 Å². The second kappa shape index (κ2) is 8.71. The first kappa shape index (κ1) is 18.3. The molecule has 0 unspecified atom stereocenters. The van der Waals surface area contributed by atoms with Crippen molar-refractivity contribution in [1.29, 1.82) is 0 Å². The van der Waals surface area contributed by atoms with E-state index >= 15 is 0 Å². The number of aromatic nitrogens is 1. The van der Waals surface area contributed by atoms with Gasteiger partial charge in [-0.25, -0.2) is 0 Å². The van der Waals surface area contributed by atoms with Crippen LogP contribution in [0.3, 0.4) is 0 Å². The van der Waals surface area contributed by atoms with Gasteiger partial charge in [0.25, 0.3) is 5.91 Å². The molecular weight excluding hydrogens is 350 g/mol. The summed E-state index contributed by atoms with van der Waals surface area (Å²) >= 11 is 0. The molecule has 0 spiro atoms. The standard InChI is InChI=1S/C21H16F2N2O2/c22-21(23)27-19-11-8-16(9-12-19)20(26)25-18-6-3-4-15(14-18)7-10-17-5-1-2-13-24-17/h1-14,21H,(H,25,26). The second-order valence-corrected chi connectivity index (χ2v) is 5.57. The lowest BCUT2D eigenvalue weighted by molar-refractivity contribution is -0.0498. The van der Waals surface area contributed by atoms with Gasteiger partial charge in [-0.1, -0.05) is 24.3 Å². The van der Waals surface area contributed by atoms with Gasteiger partial charge in [0.2, 0.25) is 0 Å². The van der Waals surface area contributed by atoms with E-state index in [-0.39, 0.29) is 11.7 Å². The molecular formula is C21H16F2N2O2. The Labute approximate surface area is 155 Å². The topological polar surface area (TPSA) is 51.2 Å². The van der Waals surface area contributed by atoms with Gasteiger partial charge in [-0.2, -0.15) is 8.78 Å². The van der Waals surface area contributed by atoms with Crippen molar-refractivity contribution in [3.8, 4) is 5.75 Å². The maximum atomic E-state index is 12.3. The average Bonchev–Trinajstić information content (AvgIpc) is 2.67. The van der Waals surface area contributed by atoms with Crippen LogP contribution < -0.4 is 10.1 Å². The number of nitrogens with one attached hydrogen (secondary N) is 1. The zero-order valence-corrected chi connectivity index (χ0v) is 14.2. The van der Waals surface area contributed by atoms with Crippen molar-refractivity contribution < 1.29 is 18.3 Å². The van der Waals surface area contributed by atoms with Crippen LogP contribution in [-0.4, -0.2) is 17.5 Å². The van der Waals surface area contributed by atoms with Crippen LogP contribution in [0.15, 0.2) is 72.9 Å². The zero-order chi connectivity index (χ0) is 19.1. The van der Waals surface area contributed by atoms with Gasteiger partial charge in [0, 0.05) is 17.4 Å². The molecule has 27 heavy (non-hydrogen) atoms. The van der Waals surface area contributed by atoms with Crippen molar-refractivity contribution in [2.24, 2.45) is 0 Å². The second-order valence-electron chi connectivity index (χ2n) is 5.57. The summed E-state index contributed by atoms with van der Waals surface area (Å²) in [6.07, 6.45) is 5.49. The third-order valence-corrected chi connectivity index (χ3v) is 3.62. The lowest BCUT2D eigenvalue weighted by Gasteiger charge is -2.08. The van der Waals surface area contributed by atoms with Crippen LogP contribution in [0.2, 0.25) is 0 Å². The zero-order valence-electron chi connectivity index (χ0n) is 14.2. The highest BCUT2D eigenvalue weighted by molar-refractivity contribution is 6.04. The van der Waals surface area contributed by atoms with E-state index in [2.05, 4.69) is 15.0 Å². The van der Waals surface area contributed by atoms with E-state index in [1.54, 1.807) is 12.3 Å². The van der Waals surface area contributed by atoms with Crippen molar-refractivity contribution >= 4 is 23.7 Å². The lowest BCUT2D eigenvalue weighted by Crippen LogP contribution is -2.12. The number of ether oxygens (including phenoxy) is 1. The Bertz CT molecular complexity index is 926. The number of alkyl halides is 2. The number of rotatable bonds is 6. The summed E-state index contributed by atoms with van der Waals surface area (Å²) in [7, 11) is 0. The van der Waals surface area contributed by atoms with Gasteiger partial charge >= 0.3 is 6.61 Å². The quantitative estimate of drug-likeness (QED) is 0.660. The number of amides is 1. The summed E-state index contributed by atoms with van der Waals surface area (Å²) < 4.78 is 28.6. The van der Waals surface area contributed by atoms with E-state index in [0.717, 1.165) is 11.3 Å². The fourth-order valence-electron chi connectivity index (χ4n) is 2.37. The third-order valence-electron chi connectivity index (χ3n) is 3.62. The van der Waals surface area contributed by atoms with E-state index in [4.69, 9.17) is 0 Å². The minimum Gasteiger partial charge on any atom is -0.435 e. The van der Waals surface area contributed by atoms with E-state index in [9.17, 15) is 13.6 Å². The molecule has 0 aliphatic carbocycles. The first-order chi connectivity index (χ1) is 13.1. The molecule has 1 heterocycles. The molecule has 0 aliphatic heterocycles. The van der Waals surface area contributed by atoms with Crippen LogP contribution in [0.25, 0.3) is 12.2 Å². The largest absolute Gasteiger partial charge is 0.435 e. The number of carbonyl (C=O) groups excluding carboxylic acids is 1. The number of benzene rings is 2. The number of hydrogen-bond acceptors (Lipinski definition) is 3. The van der Waals surface area contributed by atoms with Gasteiger partial charge in [-0.3, -0.25) is 9.78 Å². The van der Waals surface area contributed by atoms with Crippen LogP contribution in [0.1, 0.15) is 21.6 Å². The number of carbonyl (C=O) groups is 1. The Balaban J connectivity index is 1.67. The molecule has 0 fully saturated rings. The van der Waals surface area contributed by atoms with E-state index in [0.29, 0.717) is 11.3 Å². The molecule has 0 saturated carbocycles. The maximum Gasteiger partial charge on any atom is 0.387 e. The van der Waals surface area contributed by atoms with Crippen molar-refractivity contribution in [2.45, 2.75) is 6.61 Å². The fraction of sp³-hybridized carbons (Fsp3) is 0.0476. The van der Waals surface area contributed by atoms with E-state index in [1.165, 1.54) is 24.3 Å². The molecule has 1 N–H and O–H groups in total. The minimum absolute atomic E-state index is 0.00297. The summed E-state index contributed by atoms with van der Waals surface area (Å²) in [5.74, 6) is -0.340. The Kier molecular flexibility index (Phi) is 5.89. The number of hydrogen-bond donors (Lipinski definition) is 1. The average molecular weight is 366 g/mol. The molecule has 0 bridgehead atoms. The number of anilines is 1. The fourth-order valence-corrected chi connectivity index (χ4v) is 2.37. The lowest BCUT2D eigenvalue weighted by atomic mass is 10.1. The van der Waals surface area contributed by atoms with Crippen molar-refractivity contribution in [2.75, 3.05) is 5.32 Å². The molecule has 4 nitrogen and oxygen atoms in total. The third kappa shape index (κ3) is 5.47. The molecule has 136 valence electrons. The molecule has 3 aromatic rings. The first-order valence-corrected chi connectivity index (χ1v) is 8.15. The molecule has 0 radical (unpaired) electrons. The maximum absolute atomic E-state index is 12.3. The Morgan fingerprint density at radius 3 is 2.52 bits per heavy atom. The SMILES string of the molecule is O=C(Nc1cccc(C=Cc2ccccn2)c1)c1ccc(OC(F)F)cc1. The molecule has 3 rings (SSSR count). The number of pyridine rings is 1. The highest BCUT2D eigenvalue weighted by Gasteiger charge is 2.08. The molecule has 1 amide bonds. The summed E-state index contributed by atoms with van der Waals surface area (Å²) in [6, 6.07) is 18.5. The van der Waals surface area contributed by atoms with Crippen molar-refractivity contribution in [1.82, 2.24) is 4.98 Å². The number of nitrogens with zero attached hydrogens (tertiary/aromatic N) is 1. The summed E-state index contributed by atoms with van der Waals surface area (Å²) in [4.78, 5) is 16.5. The molecule has 2 aromatic carbocycles. The first-order valence-electron chi connectivity index (χ1n) is 8.15. The van der Waals surface area contributed by atoms with Crippen molar-refractivity contribution in [3.63, 3.8) is 0 Å².